The van der Waals surface area contributed by atoms with Crippen molar-refractivity contribution in [1.29, 1.82) is 0 Å². The third-order valence-corrected chi connectivity index (χ3v) is 4.75. The van der Waals surface area contributed by atoms with Crippen LogP contribution in [0, 0.1) is 0 Å². The fourth-order valence-electron chi connectivity index (χ4n) is 2.25. The Bertz CT molecular complexity index is 883. The zero-order chi connectivity index (χ0) is 19.9. The molecular weight excluding hydrogens is 370 g/mol. The summed E-state index contributed by atoms with van der Waals surface area (Å²) >= 11 is 0. The van der Waals surface area contributed by atoms with Crippen LogP contribution in [0.4, 0.5) is 5.69 Å². The van der Waals surface area contributed by atoms with Crippen LogP contribution in [0.3, 0.4) is 0 Å². The highest BCUT2D eigenvalue weighted by Gasteiger charge is 2.20. The molecule has 1 aromatic heterocycles. The number of carbonyl (C=O) groups is 2. The first kappa shape index (κ1) is 20.5. The lowest BCUT2D eigenvalue weighted by molar-refractivity contribution is -0.116. The van der Waals surface area contributed by atoms with Crippen LogP contribution >= 0.6 is 0 Å². The Kier molecular flexibility index (Phi) is 7.03. The summed E-state index contributed by atoms with van der Waals surface area (Å²) in [7, 11) is -3.59. The van der Waals surface area contributed by atoms with Crippen molar-refractivity contribution < 1.29 is 22.7 Å². The molecule has 0 spiro atoms. The molecule has 2 aromatic rings. The maximum atomic E-state index is 12.3. The first-order valence-electron chi connectivity index (χ1n) is 8.20. The zero-order valence-electron chi connectivity index (χ0n) is 15.1. The van der Waals surface area contributed by atoms with Gasteiger partial charge in [0.15, 0.2) is 0 Å². The number of amides is 1. The van der Waals surface area contributed by atoms with Crippen molar-refractivity contribution >= 4 is 27.6 Å². The third-order valence-electron chi connectivity index (χ3n) is 3.55. The van der Waals surface area contributed by atoms with Crippen molar-refractivity contribution in [3.63, 3.8) is 0 Å². The maximum Gasteiger partial charge on any atom is 0.338 e. The van der Waals surface area contributed by atoms with Gasteiger partial charge in [-0.1, -0.05) is 6.07 Å². The molecular formula is C18H21N3O5S. The van der Waals surface area contributed by atoms with E-state index in [1.165, 1.54) is 12.1 Å². The molecule has 0 aliphatic rings. The van der Waals surface area contributed by atoms with E-state index >= 15 is 0 Å². The predicted octanol–water partition coefficient (Wildman–Crippen LogP) is 1.66. The Hall–Kier alpha value is -2.78. The highest BCUT2D eigenvalue weighted by Crippen LogP contribution is 2.12. The second-order valence-electron chi connectivity index (χ2n) is 5.74. The molecule has 2 rings (SSSR count). The van der Waals surface area contributed by atoms with Crippen molar-refractivity contribution in [1.82, 2.24) is 9.29 Å². The fraction of sp³-hybridized carbons (Fsp3) is 0.278. The zero-order valence-corrected chi connectivity index (χ0v) is 15.9. The number of aromatic nitrogens is 1. The minimum absolute atomic E-state index is 0.0435. The number of pyridine rings is 1. The second-order valence-corrected chi connectivity index (χ2v) is 7.72. The normalized spacial score (nSPS) is 11.2. The minimum Gasteiger partial charge on any atom is -0.462 e. The van der Waals surface area contributed by atoms with Crippen LogP contribution in [0.1, 0.15) is 22.8 Å². The number of esters is 1. The molecule has 0 saturated carbocycles. The molecule has 0 saturated heterocycles. The van der Waals surface area contributed by atoms with E-state index in [1.807, 2.05) is 0 Å². The lowest BCUT2D eigenvalue weighted by atomic mass is 10.2. The van der Waals surface area contributed by atoms with E-state index in [4.69, 9.17) is 4.74 Å². The molecule has 0 aliphatic heterocycles. The number of hydrogen-bond acceptors (Lipinski definition) is 6. The van der Waals surface area contributed by atoms with Gasteiger partial charge in [0, 0.05) is 24.6 Å². The maximum absolute atomic E-state index is 12.3. The minimum atomic E-state index is -3.59. The topological polar surface area (TPSA) is 106 Å². The Labute approximate surface area is 158 Å². The van der Waals surface area contributed by atoms with E-state index in [1.54, 1.807) is 43.6 Å². The van der Waals surface area contributed by atoms with Crippen LogP contribution in [0.15, 0.2) is 48.8 Å². The molecule has 0 fully saturated rings. The van der Waals surface area contributed by atoms with Gasteiger partial charge in [0.25, 0.3) is 0 Å². The number of anilines is 1. The van der Waals surface area contributed by atoms with Gasteiger partial charge in [-0.05, 0) is 42.8 Å². The first-order valence-corrected chi connectivity index (χ1v) is 10.1. The van der Waals surface area contributed by atoms with E-state index < -0.39 is 21.9 Å². The highest BCUT2D eigenvalue weighted by molar-refractivity contribution is 7.88. The number of ether oxygens (including phenoxy) is 1. The van der Waals surface area contributed by atoms with E-state index in [2.05, 4.69) is 10.3 Å². The number of hydrogen-bond donors (Lipinski definition) is 1. The first-order chi connectivity index (χ1) is 12.8. The summed E-state index contributed by atoms with van der Waals surface area (Å²) in [6, 6.07) is 9.58. The summed E-state index contributed by atoms with van der Waals surface area (Å²) < 4.78 is 29.9. The fourth-order valence-corrected chi connectivity index (χ4v) is 2.99. The molecule has 8 nitrogen and oxygen atoms in total. The van der Waals surface area contributed by atoms with Crippen LogP contribution in [-0.2, 0) is 26.1 Å². The number of carbonyl (C=O) groups excluding carboxylic acids is 2. The monoisotopic (exact) mass is 391 g/mol. The lowest BCUT2D eigenvalue weighted by Gasteiger charge is -2.19. The molecule has 1 amide bonds. The number of sulfonamides is 1. The van der Waals surface area contributed by atoms with Crippen LogP contribution in [-0.4, -0.2) is 49.0 Å². The average molecular weight is 391 g/mol. The Balaban J connectivity index is 2.02. The van der Waals surface area contributed by atoms with Crippen LogP contribution < -0.4 is 5.32 Å². The molecule has 9 heteroatoms. The molecule has 1 aromatic carbocycles. The van der Waals surface area contributed by atoms with Crippen molar-refractivity contribution in [3.8, 4) is 0 Å². The number of nitrogens with zero attached hydrogens (tertiary/aromatic N) is 2. The molecule has 0 aliphatic carbocycles. The quantitative estimate of drug-likeness (QED) is 0.686. The molecule has 0 bridgehead atoms. The van der Waals surface area contributed by atoms with Gasteiger partial charge >= 0.3 is 5.97 Å². The smallest absolute Gasteiger partial charge is 0.338 e. The van der Waals surface area contributed by atoms with Gasteiger partial charge in [-0.25, -0.2) is 13.2 Å². The number of benzene rings is 1. The molecule has 27 heavy (non-hydrogen) atoms. The van der Waals surface area contributed by atoms with E-state index in [9.17, 15) is 18.0 Å². The number of nitrogens with one attached hydrogen (secondary N) is 1. The predicted molar refractivity (Wildman–Crippen MR) is 101 cm³/mol. The van der Waals surface area contributed by atoms with Gasteiger partial charge in [-0.3, -0.25) is 9.78 Å². The molecule has 0 radical (unpaired) electrons. The summed E-state index contributed by atoms with van der Waals surface area (Å²) in [4.78, 5) is 27.8. The summed E-state index contributed by atoms with van der Waals surface area (Å²) in [5, 5.41) is 2.62. The summed E-state index contributed by atoms with van der Waals surface area (Å²) in [6.45, 7) is 1.69. The van der Waals surface area contributed by atoms with Crippen molar-refractivity contribution in [3.05, 3.63) is 59.9 Å². The summed E-state index contributed by atoms with van der Waals surface area (Å²) in [6.07, 6.45) is 4.18. The van der Waals surface area contributed by atoms with Crippen molar-refractivity contribution in [2.24, 2.45) is 0 Å². The van der Waals surface area contributed by atoms with E-state index in [0.717, 1.165) is 10.6 Å². The van der Waals surface area contributed by atoms with Gasteiger partial charge in [-0.15, -0.1) is 0 Å². The standard InChI is InChI=1S/C18H21N3O5S/c1-3-26-18(23)15-6-8-16(9-7-15)20-17(22)13-21(27(2,24)25)12-14-5-4-10-19-11-14/h4-11H,3,12-13H2,1-2H3,(H,20,22). The number of rotatable bonds is 8. The lowest BCUT2D eigenvalue weighted by Crippen LogP contribution is -2.36. The van der Waals surface area contributed by atoms with Gasteiger partial charge in [0.2, 0.25) is 15.9 Å². The Morgan fingerprint density at radius 3 is 2.44 bits per heavy atom. The SMILES string of the molecule is CCOC(=O)c1ccc(NC(=O)CN(Cc2cccnc2)S(C)(=O)=O)cc1. The van der Waals surface area contributed by atoms with Gasteiger partial charge in [0.1, 0.15) is 0 Å². The highest BCUT2D eigenvalue weighted by atomic mass is 32.2. The van der Waals surface area contributed by atoms with Gasteiger partial charge < -0.3 is 10.1 Å². The average Bonchev–Trinajstić information content (AvgIpc) is 2.62. The van der Waals surface area contributed by atoms with Crippen LogP contribution in [0.25, 0.3) is 0 Å². The third kappa shape index (κ3) is 6.46. The summed E-state index contributed by atoms with van der Waals surface area (Å²) in [5.41, 5.74) is 1.49. The van der Waals surface area contributed by atoms with Crippen LogP contribution in [0.5, 0.6) is 0 Å². The van der Waals surface area contributed by atoms with E-state index in [-0.39, 0.29) is 19.7 Å². The molecule has 1 heterocycles. The second kappa shape index (κ2) is 9.24. The Morgan fingerprint density at radius 1 is 1.19 bits per heavy atom. The molecule has 0 unspecified atom stereocenters. The van der Waals surface area contributed by atoms with Crippen molar-refractivity contribution in [2.45, 2.75) is 13.5 Å². The molecule has 144 valence electrons. The van der Waals surface area contributed by atoms with Crippen molar-refractivity contribution in [2.75, 3.05) is 24.7 Å². The van der Waals surface area contributed by atoms with Crippen LogP contribution in [0.2, 0.25) is 0 Å². The molecule has 1 N–H and O–H groups in total. The largest absolute Gasteiger partial charge is 0.462 e. The van der Waals surface area contributed by atoms with Gasteiger partial charge in [-0.2, -0.15) is 4.31 Å². The Morgan fingerprint density at radius 2 is 1.89 bits per heavy atom. The van der Waals surface area contributed by atoms with Gasteiger partial charge in [0.05, 0.1) is 25.0 Å². The molecule has 0 atom stereocenters. The van der Waals surface area contributed by atoms with E-state index in [0.29, 0.717) is 16.8 Å². The summed E-state index contributed by atoms with van der Waals surface area (Å²) in [5.74, 6) is -0.941.